The molecule has 0 saturated carbocycles. The van der Waals surface area contributed by atoms with Gasteiger partial charge in [0.15, 0.2) is 0 Å². The SMILES string of the molecule is CCCCCCCCCCCCCCCCCCOc1cccc2c(OCCOc3cc4c(OCCN(CC)CC)cc3Cc3cc(OCCN(CC)CC)c(cc3OCCN(CC)CC)Cc3cc(OCCN(CC)CC)c(cc3OCCN(CC)CC)Cc3cc(OCCN(CC)CC)c(cc3OCCN(CC)CC)Cc3cc(OCCN(CC)CC)c(cc3OCCN(CC)CC)C4)cccc12. The summed E-state index contributed by atoms with van der Waals surface area (Å²) in [5.74, 6) is 9.37. The Morgan fingerprint density at radius 2 is 0.300 bits per heavy atom. The average molecular weight is 1940 g/mol. The molecule has 0 amide bonds. The quantitative estimate of drug-likeness (QED) is 0.0334. The fourth-order valence-corrected chi connectivity index (χ4v) is 19.0. The molecule has 0 aliphatic heterocycles. The van der Waals surface area contributed by atoms with Gasteiger partial charge in [-0.1, -0.05) is 252 Å². The highest BCUT2D eigenvalue weighted by Gasteiger charge is 2.28. The highest BCUT2D eigenvalue weighted by atomic mass is 16.5. The van der Waals surface area contributed by atoms with Crippen molar-refractivity contribution in [2.45, 2.75) is 266 Å². The Bertz CT molecular complexity index is 4380. The van der Waals surface area contributed by atoms with Crippen molar-refractivity contribution in [3.63, 3.8) is 0 Å². The van der Waals surface area contributed by atoms with E-state index in [0.29, 0.717) is 104 Å². The minimum Gasteiger partial charge on any atom is -0.493 e. The van der Waals surface area contributed by atoms with Gasteiger partial charge in [-0.05, 0) is 197 Å². The molecule has 0 heterocycles. The molecule has 0 N–H and O–H groups in total. The number of hydrogen-bond donors (Lipinski definition) is 0. The lowest BCUT2D eigenvalue weighted by Crippen LogP contribution is -2.28. The summed E-state index contributed by atoms with van der Waals surface area (Å²) in [7, 11) is 0. The van der Waals surface area contributed by atoms with Gasteiger partial charge in [-0.15, -0.1) is 0 Å². The molecule has 0 saturated heterocycles. The molecule has 17 rings (SSSR count). The summed E-state index contributed by atoms with van der Waals surface area (Å²) in [6.07, 6.45) is 23.5. The average Bonchev–Trinajstić information content (AvgIpc) is 1.03. The molecule has 140 heavy (non-hydrogen) atoms. The molecule has 10 aliphatic carbocycles. The van der Waals surface area contributed by atoms with Gasteiger partial charge >= 0.3 is 0 Å². The Balaban J connectivity index is 1.39. The van der Waals surface area contributed by atoms with E-state index in [-0.39, 0.29) is 13.2 Å². The van der Waals surface area contributed by atoms with Crippen LogP contribution in [0.1, 0.15) is 290 Å². The first-order chi connectivity index (χ1) is 68.6. The highest BCUT2D eigenvalue weighted by Crippen LogP contribution is 2.45. The van der Waals surface area contributed by atoms with Gasteiger partial charge in [-0.2, -0.15) is 0 Å². The van der Waals surface area contributed by atoms with E-state index >= 15 is 0 Å². The van der Waals surface area contributed by atoms with E-state index in [9.17, 15) is 0 Å². The maximum atomic E-state index is 7.46. The molecule has 7 aromatic carbocycles. The molecular formula is C119H193N9O12. The highest BCUT2D eigenvalue weighted by molar-refractivity contribution is 5.93. The molecule has 0 unspecified atom stereocenters. The van der Waals surface area contributed by atoms with Gasteiger partial charge in [0.05, 0.1) is 6.61 Å². The number of rotatable bonds is 77. The Kier molecular flexibility index (Phi) is 57.9. The zero-order valence-electron chi connectivity index (χ0n) is 91.6. The number of benzene rings is 7. The lowest BCUT2D eigenvalue weighted by molar-refractivity contribution is 0.214. The second kappa shape index (κ2) is 69.1. The Hall–Kier alpha value is -7.96. The van der Waals surface area contributed by atoms with Crippen molar-refractivity contribution in [2.24, 2.45) is 0 Å². The molecule has 7 aromatic rings. The summed E-state index contributed by atoms with van der Waals surface area (Å²) in [5, 5.41) is 2.04. The number of ether oxygens (including phenoxy) is 12. The van der Waals surface area contributed by atoms with Crippen LogP contribution in [-0.4, -0.2) is 300 Å². The van der Waals surface area contributed by atoms with Crippen LogP contribution in [0.4, 0.5) is 0 Å². The second-order valence-electron chi connectivity index (χ2n) is 37.6. The number of nitrogens with zero attached hydrogens (tertiary/aromatic N) is 9. The van der Waals surface area contributed by atoms with Crippen LogP contribution in [-0.2, 0) is 32.1 Å². The molecule has 0 radical (unpaired) electrons. The summed E-state index contributed by atoms with van der Waals surface area (Å²) in [6, 6.07) is 35.3. The number of unbranched alkanes of at least 4 members (excludes halogenated alkanes) is 15. The minimum absolute atomic E-state index is 0.232. The number of hydrogen-bond acceptors (Lipinski definition) is 21. The van der Waals surface area contributed by atoms with E-state index in [1.165, 1.54) is 96.3 Å². The van der Waals surface area contributed by atoms with Gasteiger partial charge in [-0.3, -0.25) is 0 Å². The van der Waals surface area contributed by atoms with E-state index in [0.717, 1.165) is 313 Å². The van der Waals surface area contributed by atoms with Crippen molar-refractivity contribution in [1.82, 2.24) is 44.1 Å². The fraction of sp³-hybridized carbons (Fsp3) is 0.664. The van der Waals surface area contributed by atoms with Crippen LogP contribution < -0.4 is 56.8 Å². The molecule has 0 aromatic heterocycles. The summed E-state index contributed by atoms with van der Waals surface area (Å²) < 4.78 is 87.5. The summed E-state index contributed by atoms with van der Waals surface area (Å²) in [5.41, 5.74) is 9.68. The molecule has 0 fully saturated rings. The molecule has 786 valence electrons. The van der Waals surface area contributed by atoms with Gasteiger partial charge < -0.3 is 101 Å². The smallest absolute Gasteiger partial charge is 0.127 e. The molecule has 0 atom stereocenters. The largest absolute Gasteiger partial charge is 0.493 e. The van der Waals surface area contributed by atoms with Gasteiger partial charge in [0.2, 0.25) is 0 Å². The Morgan fingerprint density at radius 3 is 0.464 bits per heavy atom. The Labute approximate surface area is 850 Å². The first-order valence-corrected chi connectivity index (χ1v) is 55.9. The molecule has 0 spiro atoms. The molecular weight excluding hydrogens is 1750 g/mol. The van der Waals surface area contributed by atoms with E-state index in [2.05, 4.69) is 273 Å². The standard InChI is InChI=1S/C119H193N9O12/c1-20-39-40-41-42-43-44-45-46-47-48-49-50-51-52-53-69-129-108-58-54-57-107-106(108)56-55-59-109(107)139-79-80-140-119-95-104-84-102-92-114(134-74-64-124(29-10)30-11)100(90-115(102)135-75-65-125(31-12)32-13)82-98-88-110(130-70-60-120(21-2)22-3)96(86-111(98)131-71-61-121(23-4)24-5)81-97-87-113(133-73-63-123(27-8)28-9)99(89-112(97)132-72-62-122(25-6)26-7)83-101-91-117(137-77-67-127(35-16)36-17)103(93-116(101)136-76-66-126(33-14)34-15)85-105(119)94-118(104)138-78-68-128(37-18)38-19/h54-59,86-95H,20-53,60-85H2,1-19H3. The second-order valence-corrected chi connectivity index (χ2v) is 37.6. The third kappa shape index (κ3) is 40.2. The summed E-state index contributed by atoms with van der Waals surface area (Å²) in [6.45, 7) is 70.8. The third-order valence-corrected chi connectivity index (χ3v) is 28.9. The van der Waals surface area contributed by atoms with Crippen molar-refractivity contribution in [3.05, 3.63) is 153 Å². The minimum atomic E-state index is 0.232. The fourth-order valence-electron chi connectivity index (χ4n) is 19.0. The van der Waals surface area contributed by atoms with Crippen LogP contribution in [0.25, 0.3) is 10.8 Å². The predicted molar refractivity (Wildman–Crippen MR) is 586 cm³/mol. The first kappa shape index (κ1) is 117. The Morgan fingerprint density at radius 1 is 0.157 bits per heavy atom. The van der Waals surface area contributed by atoms with Crippen molar-refractivity contribution in [2.75, 3.05) is 256 Å². The van der Waals surface area contributed by atoms with Crippen molar-refractivity contribution in [3.8, 4) is 69.0 Å². The van der Waals surface area contributed by atoms with Crippen LogP contribution in [0.2, 0.25) is 0 Å². The predicted octanol–water partition coefficient (Wildman–Crippen LogP) is 23.7. The molecule has 10 aliphatic rings. The van der Waals surface area contributed by atoms with Crippen LogP contribution in [0.5, 0.6) is 69.0 Å². The van der Waals surface area contributed by atoms with Crippen LogP contribution in [0.15, 0.2) is 97.1 Å². The molecule has 21 heteroatoms. The zero-order valence-corrected chi connectivity index (χ0v) is 91.6. The van der Waals surface area contributed by atoms with Gasteiger partial charge in [0, 0.05) is 157 Å². The number of likely N-dealkylation sites (N-methyl/N-ethyl adjacent to an activating group) is 9. The maximum absolute atomic E-state index is 7.46. The van der Waals surface area contributed by atoms with E-state index in [1.807, 2.05) is 0 Å². The van der Waals surface area contributed by atoms with Gasteiger partial charge in [0.25, 0.3) is 0 Å². The topological polar surface area (TPSA) is 140 Å². The molecule has 21 nitrogen and oxygen atoms in total. The normalized spacial score (nSPS) is 12.4. The summed E-state index contributed by atoms with van der Waals surface area (Å²) >= 11 is 0. The lowest BCUT2D eigenvalue weighted by atomic mass is 9.94. The van der Waals surface area contributed by atoms with E-state index < -0.39 is 0 Å². The van der Waals surface area contributed by atoms with E-state index in [1.54, 1.807) is 0 Å². The van der Waals surface area contributed by atoms with E-state index in [4.69, 9.17) is 56.8 Å². The van der Waals surface area contributed by atoms with Crippen molar-refractivity contribution >= 4 is 10.8 Å². The van der Waals surface area contributed by atoms with Crippen LogP contribution >= 0.6 is 0 Å². The van der Waals surface area contributed by atoms with Gasteiger partial charge in [0.1, 0.15) is 142 Å². The summed E-state index contributed by atoms with van der Waals surface area (Å²) in [4.78, 5) is 21.9. The monoisotopic (exact) mass is 1940 g/mol. The van der Waals surface area contributed by atoms with Crippen LogP contribution in [0.3, 0.4) is 0 Å². The zero-order chi connectivity index (χ0) is 100. The molecule has 10 bridgehead atoms. The van der Waals surface area contributed by atoms with Gasteiger partial charge in [-0.25, -0.2) is 0 Å². The lowest BCUT2D eigenvalue weighted by Gasteiger charge is -2.25. The third-order valence-electron chi connectivity index (χ3n) is 28.9. The maximum Gasteiger partial charge on any atom is 0.127 e. The van der Waals surface area contributed by atoms with Crippen molar-refractivity contribution < 1.29 is 56.8 Å². The number of fused-ring (bicyclic) bond motifs is 1. The van der Waals surface area contributed by atoms with Crippen LogP contribution in [0, 0.1) is 0 Å². The first-order valence-electron chi connectivity index (χ1n) is 55.9. The van der Waals surface area contributed by atoms with Crippen molar-refractivity contribution in [1.29, 1.82) is 0 Å².